The number of nitrogens with zero attached hydrogens (tertiary/aromatic N) is 1. The highest BCUT2D eigenvalue weighted by atomic mass is 16.2. The van der Waals surface area contributed by atoms with Crippen molar-refractivity contribution in [3.8, 4) is 0 Å². The maximum absolute atomic E-state index is 13.2. The van der Waals surface area contributed by atoms with Crippen molar-refractivity contribution in [1.29, 1.82) is 0 Å². The molecule has 0 radical (unpaired) electrons. The summed E-state index contributed by atoms with van der Waals surface area (Å²) in [5.41, 5.74) is 16.3. The van der Waals surface area contributed by atoms with Gasteiger partial charge in [-0.05, 0) is 57.9 Å². The van der Waals surface area contributed by atoms with Gasteiger partial charge in [0.25, 0.3) is 0 Å². The molecule has 0 saturated carbocycles. The molecule has 1 rings (SSSR count). The number of carbonyl (C=O) groups excluding carboxylic acids is 5. The van der Waals surface area contributed by atoms with Crippen molar-refractivity contribution < 1.29 is 24.0 Å². The largest absolute Gasteiger partial charge is 0.370 e. The van der Waals surface area contributed by atoms with Crippen LogP contribution in [0.3, 0.4) is 0 Å². The SMILES string of the molecule is CC1C(=O)NCCCC[C@@H](C=O)NC(=O)[C@H](CCCN=C(N)N)NC(=O)[C@H](CCCCN)NC(=O)C1C. The van der Waals surface area contributed by atoms with Crippen molar-refractivity contribution in [3.05, 3.63) is 0 Å². The Morgan fingerprint density at radius 1 is 0.865 bits per heavy atom. The summed E-state index contributed by atoms with van der Waals surface area (Å²) in [5.74, 6) is -3.13. The normalized spacial score (nSPS) is 26.6. The third-order valence-corrected chi connectivity index (χ3v) is 6.47. The zero-order valence-corrected chi connectivity index (χ0v) is 22.0. The van der Waals surface area contributed by atoms with Gasteiger partial charge in [-0.3, -0.25) is 24.2 Å². The van der Waals surface area contributed by atoms with Gasteiger partial charge in [-0.15, -0.1) is 0 Å². The van der Waals surface area contributed by atoms with Gasteiger partial charge >= 0.3 is 0 Å². The van der Waals surface area contributed by atoms with Crippen molar-refractivity contribution in [2.45, 2.75) is 83.3 Å². The summed E-state index contributed by atoms with van der Waals surface area (Å²) in [5, 5.41) is 11.0. The van der Waals surface area contributed by atoms with Crippen molar-refractivity contribution in [2.24, 2.45) is 34.0 Å². The van der Waals surface area contributed by atoms with Gasteiger partial charge in [0.15, 0.2) is 5.96 Å². The minimum Gasteiger partial charge on any atom is -0.370 e. The topological polar surface area (TPSA) is 224 Å². The molecule has 37 heavy (non-hydrogen) atoms. The molecule has 13 nitrogen and oxygen atoms in total. The Kier molecular flexibility index (Phi) is 14.8. The Bertz CT molecular complexity index is 802. The van der Waals surface area contributed by atoms with E-state index in [9.17, 15) is 24.0 Å². The molecular weight excluding hydrogens is 480 g/mol. The van der Waals surface area contributed by atoms with Gasteiger partial charge in [0.2, 0.25) is 23.6 Å². The first-order valence-corrected chi connectivity index (χ1v) is 13.0. The van der Waals surface area contributed by atoms with Crippen LogP contribution in [0, 0.1) is 11.8 Å². The van der Waals surface area contributed by atoms with Gasteiger partial charge in [-0.1, -0.05) is 13.8 Å². The molecule has 0 aliphatic carbocycles. The van der Waals surface area contributed by atoms with E-state index in [-0.39, 0.29) is 24.8 Å². The highest BCUT2D eigenvalue weighted by Gasteiger charge is 2.31. The van der Waals surface area contributed by atoms with Gasteiger partial charge in [0.1, 0.15) is 18.4 Å². The summed E-state index contributed by atoms with van der Waals surface area (Å²) in [6.45, 7) is 4.36. The molecule has 0 aromatic heterocycles. The molecule has 0 spiro atoms. The Morgan fingerprint density at radius 3 is 2.08 bits per heavy atom. The van der Waals surface area contributed by atoms with E-state index in [2.05, 4.69) is 26.3 Å². The summed E-state index contributed by atoms with van der Waals surface area (Å²) in [6.07, 6.45) is 4.37. The van der Waals surface area contributed by atoms with Crippen LogP contribution >= 0.6 is 0 Å². The highest BCUT2D eigenvalue weighted by Crippen LogP contribution is 2.14. The monoisotopic (exact) mass is 524 g/mol. The minimum absolute atomic E-state index is 0.0811. The molecule has 13 heteroatoms. The van der Waals surface area contributed by atoms with Crippen LogP contribution in [0.4, 0.5) is 0 Å². The second-order valence-electron chi connectivity index (χ2n) is 9.47. The van der Waals surface area contributed by atoms with E-state index in [0.717, 1.165) is 0 Å². The number of aliphatic imine (C=N–C) groups is 1. The zero-order valence-electron chi connectivity index (χ0n) is 22.0. The number of rotatable bonds is 9. The first-order chi connectivity index (χ1) is 17.6. The number of amides is 4. The third kappa shape index (κ3) is 12.0. The van der Waals surface area contributed by atoms with E-state index < -0.39 is 47.7 Å². The third-order valence-electron chi connectivity index (χ3n) is 6.47. The number of nitrogens with one attached hydrogen (secondary N) is 4. The molecular formula is C24H44N8O5. The molecule has 4 amide bonds. The Balaban J connectivity index is 3.18. The van der Waals surface area contributed by atoms with Gasteiger partial charge in [-0.2, -0.15) is 0 Å². The lowest BCUT2D eigenvalue weighted by atomic mass is 9.93. The molecule has 1 saturated heterocycles. The van der Waals surface area contributed by atoms with E-state index in [0.29, 0.717) is 64.3 Å². The lowest BCUT2D eigenvalue weighted by Gasteiger charge is -2.26. The molecule has 5 atom stereocenters. The molecule has 1 aliphatic rings. The predicted molar refractivity (Wildman–Crippen MR) is 140 cm³/mol. The number of hydrogen-bond acceptors (Lipinski definition) is 7. The van der Waals surface area contributed by atoms with Gasteiger partial charge in [0, 0.05) is 24.9 Å². The number of hydrogen-bond donors (Lipinski definition) is 7. The number of aldehydes is 1. The van der Waals surface area contributed by atoms with Gasteiger partial charge < -0.3 is 43.3 Å². The van der Waals surface area contributed by atoms with Crippen LogP contribution in [0.2, 0.25) is 0 Å². The lowest BCUT2D eigenvalue weighted by Crippen LogP contribution is -2.55. The van der Waals surface area contributed by atoms with Crippen molar-refractivity contribution in [3.63, 3.8) is 0 Å². The second kappa shape index (κ2) is 17.3. The molecule has 0 bridgehead atoms. The summed E-state index contributed by atoms with van der Waals surface area (Å²) in [4.78, 5) is 67.3. The van der Waals surface area contributed by atoms with Crippen LogP contribution in [0.1, 0.15) is 65.2 Å². The first-order valence-electron chi connectivity index (χ1n) is 13.0. The molecule has 0 aromatic rings. The lowest BCUT2D eigenvalue weighted by molar-refractivity contribution is -0.136. The summed E-state index contributed by atoms with van der Waals surface area (Å²) >= 11 is 0. The second-order valence-corrected chi connectivity index (χ2v) is 9.47. The van der Waals surface area contributed by atoms with Crippen LogP contribution < -0.4 is 38.5 Å². The van der Waals surface area contributed by atoms with Crippen molar-refractivity contribution >= 4 is 35.9 Å². The maximum atomic E-state index is 13.2. The molecule has 10 N–H and O–H groups in total. The highest BCUT2D eigenvalue weighted by molar-refractivity contribution is 5.94. The quantitative estimate of drug-likeness (QED) is 0.0802. The Morgan fingerprint density at radius 2 is 1.46 bits per heavy atom. The summed E-state index contributed by atoms with van der Waals surface area (Å²) in [7, 11) is 0. The molecule has 210 valence electrons. The van der Waals surface area contributed by atoms with Crippen LogP contribution in [0.15, 0.2) is 4.99 Å². The fourth-order valence-electron chi connectivity index (χ4n) is 3.88. The molecule has 1 heterocycles. The molecule has 0 aromatic carbocycles. The average Bonchev–Trinajstić information content (AvgIpc) is 2.86. The van der Waals surface area contributed by atoms with E-state index in [1.165, 1.54) is 0 Å². The van der Waals surface area contributed by atoms with Crippen LogP contribution in [-0.2, 0) is 24.0 Å². The van der Waals surface area contributed by atoms with E-state index in [1.54, 1.807) is 13.8 Å². The predicted octanol–water partition coefficient (Wildman–Crippen LogP) is -1.61. The van der Waals surface area contributed by atoms with Crippen molar-refractivity contribution in [2.75, 3.05) is 19.6 Å². The minimum atomic E-state index is -0.965. The van der Waals surface area contributed by atoms with E-state index in [4.69, 9.17) is 17.2 Å². The Hall–Kier alpha value is -3.22. The average molecular weight is 525 g/mol. The zero-order chi connectivity index (χ0) is 27.8. The van der Waals surface area contributed by atoms with Gasteiger partial charge in [0.05, 0.1) is 6.04 Å². The fraction of sp³-hybridized carbons (Fsp3) is 0.750. The van der Waals surface area contributed by atoms with Crippen LogP contribution in [0.25, 0.3) is 0 Å². The first kappa shape index (κ1) is 31.8. The smallest absolute Gasteiger partial charge is 0.243 e. The number of carbonyl (C=O) groups is 5. The molecule has 1 fully saturated rings. The number of nitrogens with two attached hydrogens (primary N) is 3. The standard InChI is InChI=1S/C24H44N8O5/c1-15-16(2)21(35)31-18(9-3-5-11-25)23(37)32-19(10-7-13-29-24(26)27)22(36)30-17(14-33)8-4-6-12-28-20(15)34/h14-19H,3-13,25H2,1-2H3,(H,28,34)(H,30,36)(H,31,35)(H,32,37)(H4,26,27,29)/t15?,16?,17-,18-,19-/m0/s1. The summed E-state index contributed by atoms with van der Waals surface area (Å²) < 4.78 is 0. The van der Waals surface area contributed by atoms with E-state index in [1.807, 2.05) is 0 Å². The van der Waals surface area contributed by atoms with Crippen LogP contribution in [0.5, 0.6) is 0 Å². The van der Waals surface area contributed by atoms with Gasteiger partial charge in [-0.25, -0.2) is 0 Å². The Labute approximate surface area is 218 Å². The van der Waals surface area contributed by atoms with E-state index >= 15 is 0 Å². The summed E-state index contributed by atoms with van der Waals surface area (Å²) in [6, 6.07) is -2.63. The molecule has 2 unspecified atom stereocenters. The fourth-order valence-corrected chi connectivity index (χ4v) is 3.88. The maximum Gasteiger partial charge on any atom is 0.243 e. The number of unbranched alkanes of at least 4 members (excludes halogenated alkanes) is 1. The van der Waals surface area contributed by atoms with Crippen molar-refractivity contribution in [1.82, 2.24) is 21.3 Å². The number of guanidine groups is 1. The molecule has 1 aliphatic heterocycles. The van der Waals surface area contributed by atoms with Crippen LogP contribution in [-0.4, -0.2) is 73.6 Å².